The summed E-state index contributed by atoms with van der Waals surface area (Å²) in [7, 11) is 1.38. The Bertz CT molecular complexity index is 547. The van der Waals surface area contributed by atoms with Crippen LogP contribution in [0.5, 0.6) is 0 Å². The molecule has 2 aliphatic carbocycles. The van der Waals surface area contributed by atoms with E-state index in [1.807, 2.05) is 0 Å². The third-order valence-corrected chi connectivity index (χ3v) is 4.95. The lowest BCUT2D eigenvalue weighted by Crippen LogP contribution is -2.52. The van der Waals surface area contributed by atoms with Crippen LogP contribution in [0.4, 0.5) is 0 Å². The van der Waals surface area contributed by atoms with Gasteiger partial charge in [-0.25, -0.2) is 4.68 Å². The quantitative estimate of drug-likeness (QED) is 0.791. The lowest BCUT2D eigenvalue weighted by atomic mass is 9.81. The number of aromatic nitrogens is 4. The van der Waals surface area contributed by atoms with Crippen LogP contribution in [-0.2, 0) is 19.9 Å². The van der Waals surface area contributed by atoms with E-state index in [0.29, 0.717) is 6.54 Å². The van der Waals surface area contributed by atoms with E-state index in [0.717, 1.165) is 44.9 Å². The molecule has 0 radical (unpaired) electrons. The minimum Gasteiger partial charge on any atom is -0.469 e. The number of methoxy groups -OCH3 is 1. The van der Waals surface area contributed by atoms with Gasteiger partial charge in [-0.05, 0) is 36.1 Å². The maximum Gasteiger partial charge on any atom is 0.313 e. The first kappa shape index (κ1) is 14.9. The van der Waals surface area contributed by atoms with Gasteiger partial charge in [0, 0.05) is 6.54 Å². The fourth-order valence-corrected chi connectivity index (χ4v) is 3.29. The van der Waals surface area contributed by atoms with Gasteiger partial charge in [-0.1, -0.05) is 19.3 Å². The van der Waals surface area contributed by atoms with Crippen LogP contribution in [0.1, 0.15) is 44.9 Å². The van der Waals surface area contributed by atoms with Crippen LogP contribution in [-0.4, -0.2) is 45.7 Å². The number of nitrogens with one attached hydrogen (secondary N) is 1. The molecular weight excluding hydrogens is 286 g/mol. The topological polar surface area (TPSA) is 99.0 Å². The first-order valence-corrected chi connectivity index (χ1v) is 7.73. The van der Waals surface area contributed by atoms with E-state index in [1.54, 1.807) is 4.68 Å². The van der Waals surface area contributed by atoms with Gasteiger partial charge in [0.1, 0.15) is 11.9 Å². The SMILES string of the molecule is COC(=O)C1(CNC(=O)C2(n3cnnn3)CCCCC2)CC1. The maximum absolute atomic E-state index is 12.8. The van der Waals surface area contributed by atoms with E-state index in [2.05, 4.69) is 20.8 Å². The van der Waals surface area contributed by atoms with Crippen LogP contribution in [0.15, 0.2) is 6.33 Å². The first-order chi connectivity index (χ1) is 10.6. The Balaban J connectivity index is 1.72. The third-order valence-electron chi connectivity index (χ3n) is 4.95. The summed E-state index contributed by atoms with van der Waals surface area (Å²) >= 11 is 0. The van der Waals surface area contributed by atoms with Crippen LogP contribution in [0.25, 0.3) is 0 Å². The number of carbonyl (C=O) groups excluding carboxylic acids is 2. The second-order valence-electron chi connectivity index (χ2n) is 6.30. The molecule has 22 heavy (non-hydrogen) atoms. The molecule has 0 unspecified atom stereocenters. The average molecular weight is 307 g/mol. The lowest BCUT2D eigenvalue weighted by Gasteiger charge is -2.35. The molecule has 1 N–H and O–H groups in total. The molecule has 1 amide bonds. The van der Waals surface area contributed by atoms with E-state index < -0.39 is 11.0 Å². The highest BCUT2D eigenvalue weighted by atomic mass is 16.5. The molecule has 2 aliphatic rings. The molecule has 0 saturated heterocycles. The van der Waals surface area contributed by atoms with Crippen molar-refractivity contribution in [1.29, 1.82) is 0 Å². The molecule has 0 bridgehead atoms. The Morgan fingerprint density at radius 1 is 1.23 bits per heavy atom. The molecule has 0 atom stereocenters. The van der Waals surface area contributed by atoms with Gasteiger partial charge in [0.2, 0.25) is 5.91 Å². The molecule has 8 heteroatoms. The maximum atomic E-state index is 12.8. The van der Waals surface area contributed by atoms with Crippen molar-refractivity contribution in [2.45, 2.75) is 50.5 Å². The molecule has 2 fully saturated rings. The van der Waals surface area contributed by atoms with Crippen molar-refractivity contribution in [3.63, 3.8) is 0 Å². The van der Waals surface area contributed by atoms with E-state index in [9.17, 15) is 9.59 Å². The minimum atomic E-state index is -0.728. The number of amides is 1. The zero-order valence-electron chi connectivity index (χ0n) is 12.7. The number of carbonyl (C=O) groups is 2. The second-order valence-corrected chi connectivity index (χ2v) is 6.30. The van der Waals surface area contributed by atoms with Crippen molar-refractivity contribution in [2.75, 3.05) is 13.7 Å². The highest BCUT2D eigenvalue weighted by molar-refractivity contribution is 5.86. The van der Waals surface area contributed by atoms with Crippen LogP contribution >= 0.6 is 0 Å². The molecule has 1 heterocycles. The summed E-state index contributed by atoms with van der Waals surface area (Å²) in [6.07, 6.45) is 7.51. The Morgan fingerprint density at radius 2 is 1.95 bits per heavy atom. The Morgan fingerprint density at radius 3 is 2.50 bits per heavy atom. The smallest absolute Gasteiger partial charge is 0.313 e. The van der Waals surface area contributed by atoms with E-state index in [1.165, 1.54) is 13.4 Å². The highest BCUT2D eigenvalue weighted by Gasteiger charge is 2.52. The molecule has 2 saturated carbocycles. The van der Waals surface area contributed by atoms with Crippen molar-refractivity contribution in [2.24, 2.45) is 5.41 Å². The van der Waals surface area contributed by atoms with Crippen molar-refractivity contribution >= 4 is 11.9 Å². The Kier molecular flexibility index (Phi) is 3.84. The van der Waals surface area contributed by atoms with Gasteiger partial charge in [-0.3, -0.25) is 9.59 Å². The summed E-state index contributed by atoms with van der Waals surface area (Å²) in [6, 6.07) is 0. The van der Waals surface area contributed by atoms with Crippen molar-refractivity contribution in [1.82, 2.24) is 25.5 Å². The molecule has 0 spiro atoms. The normalized spacial score (nSPS) is 21.9. The number of rotatable bonds is 5. The van der Waals surface area contributed by atoms with E-state index >= 15 is 0 Å². The zero-order chi connectivity index (χ0) is 15.6. The van der Waals surface area contributed by atoms with Crippen LogP contribution < -0.4 is 5.32 Å². The van der Waals surface area contributed by atoms with Gasteiger partial charge < -0.3 is 10.1 Å². The monoisotopic (exact) mass is 307 g/mol. The standard InChI is InChI=1S/C14H21N5O3/c1-22-12(21)13(7-8-13)9-15-11(20)14(5-3-2-4-6-14)19-10-16-17-18-19/h10H,2-9H2,1H3,(H,15,20). The molecule has 0 aliphatic heterocycles. The third kappa shape index (κ3) is 2.46. The van der Waals surface area contributed by atoms with Gasteiger partial charge >= 0.3 is 5.97 Å². The van der Waals surface area contributed by atoms with E-state index in [-0.39, 0.29) is 11.9 Å². The molecule has 1 aromatic rings. The molecule has 0 aromatic carbocycles. The van der Waals surface area contributed by atoms with Gasteiger partial charge in [-0.2, -0.15) is 0 Å². The molecule has 8 nitrogen and oxygen atoms in total. The minimum absolute atomic E-state index is 0.102. The lowest BCUT2D eigenvalue weighted by molar-refractivity contribution is -0.147. The van der Waals surface area contributed by atoms with Crippen molar-refractivity contribution in [3.05, 3.63) is 6.33 Å². The molecule has 120 valence electrons. The van der Waals surface area contributed by atoms with Gasteiger partial charge in [0.15, 0.2) is 0 Å². The predicted molar refractivity (Wildman–Crippen MR) is 75.6 cm³/mol. The Labute approximate surface area is 128 Å². The summed E-state index contributed by atoms with van der Waals surface area (Å²) in [6.45, 7) is 0.322. The number of tetrazole rings is 1. The van der Waals surface area contributed by atoms with Crippen LogP contribution in [0, 0.1) is 5.41 Å². The fraction of sp³-hybridized carbons (Fsp3) is 0.786. The number of nitrogens with zero attached hydrogens (tertiary/aromatic N) is 4. The predicted octanol–water partition coefficient (Wildman–Crippen LogP) is 0.402. The summed E-state index contributed by atoms with van der Waals surface area (Å²) in [5.41, 5.74) is -1.26. The first-order valence-electron chi connectivity index (χ1n) is 7.73. The summed E-state index contributed by atoms with van der Waals surface area (Å²) in [5.74, 6) is -0.345. The van der Waals surface area contributed by atoms with E-state index in [4.69, 9.17) is 4.74 Å². The highest BCUT2D eigenvalue weighted by Crippen LogP contribution is 2.46. The molecular formula is C14H21N5O3. The number of ether oxygens (including phenoxy) is 1. The fourth-order valence-electron chi connectivity index (χ4n) is 3.29. The average Bonchev–Trinajstić information content (AvgIpc) is 3.15. The molecule has 1 aromatic heterocycles. The molecule has 3 rings (SSSR count). The van der Waals surface area contributed by atoms with Gasteiger partial charge in [0.05, 0.1) is 12.5 Å². The summed E-state index contributed by atoms with van der Waals surface area (Å²) in [4.78, 5) is 24.6. The summed E-state index contributed by atoms with van der Waals surface area (Å²) < 4.78 is 6.39. The largest absolute Gasteiger partial charge is 0.469 e. The zero-order valence-corrected chi connectivity index (χ0v) is 12.7. The Hall–Kier alpha value is -1.99. The van der Waals surface area contributed by atoms with Crippen LogP contribution in [0.3, 0.4) is 0 Å². The van der Waals surface area contributed by atoms with Crippen molar-refractivity contribution in [3.8, 4) is 0 Å². The number of esters is 1. The van der Waals surface area contributed by atoms with Crippen molar-refractivity contribution < 1.29 is 14.3 Å². The number of hydrogen-bond acceptors (Lipinski definition) is 6. The van der Waals surface area contributed by atoms with Gasteiger partial charge in [0.25, 0.3) is 0 Å². The number of hydrogen-bond donors (Lipinski definition) is 1. The van der Waals surface area contributed by atoms with Crippen LogP contribution in [0.2, 0.25) is 0 Å². The second kappa shape index (κ2) is 5.66. The summed E-state index contributed by atoms with van der Waals surface area (Å²) in [5, 5.41) is 14.2. The van der Waals surface area contributed by atoms with Gasteiger partial charge in [-0.15, -0.1) is 5.10 Å².